The molecule has 1 fully saturated rings. The topological polar surface area (TPSA) is 49.4 Å². The highest BCUT2D eigenvalue weighted by molar-refractivity contribution is 5.83. The lowest BCUT2D eigenvalue weighted by Gasteiger charge is -2.18. The predicted octanol–water partition coefficient (Wildman–Crippen LogP) is -0.257. The van der Waals surface area contributed by atoms with Crippen LogP contribution in [0.2, 0.25) is 0 Å². The fourth-order valence-corrected chi connectivity index (χ4v) is 1.43. The highest BCUT2D eigenvalue weighted by Gasteiger charge is 2.23. The molecule has 1 N–H and O–H groups in total. The largest absolute Gasteiger partial charge is 0.347 e. The summed E-state index contributed by atoms with van der Waals surface area (Å²) in [7, 11) is 1.77. The minimum atomic E-state index is -0.296. The number of hydrogen-bond acceptors (Lipinski definition) is 2. The van der Waals surface area contributed by atoms with Gasteiger partial charge in [-0.15, -0.1) is 0 Å². The van der Waals surface area contributed by atoms with Gasteiger partial charge in [0.1, 0.15) is 6.04 Å². The van der Waals surface area contributed by atoms with Crippen LogP contribution in [0.3, 0.4) is 0 Å². The van der Waals surface area contributed by atoms with Crippen LogP contribution in [0, 0.1) is 0 Å². The summed E-state index contributed by atoms with van der Waals surface area (Å²) in [5.74, 6) is 0.0274. The average molecular weight is 170 g/mol. The summed E-state index contributed by atoms with van der Waals surface area (Å²) < 4.78 is 0. The maximum atomic E-state index is 11.4. The number of likely N-dealkylation sites (N-methyl/N-ethyl adjacent to an activating group) is 1. The minimum Gasteiger partial charge on any atom is -0.347 e. The molecular weight excluding hydrogens is 156 g/mol. The van der Waals surface area contributed by atoms with E-state index in [1.165, 1.54) is 0 Å². The second-order valence-electron chi connectivity index (χ2n) is 3.09. The number of nitrogens with one attached hydrogen (secondary N) is 1. The van der Waals surface area contributed by atoms with Crippen molar-refractivity contribution in [1.82, 2.24) is 10.2 Å². The first-order valence-corrected chi connectivity index (χ1v) is 4.20. The summed E-state index contributed by atoms with van der Waals surface area (Å²) in [5, 5.41) is 2.53. The Balaban J connectivity index is 2.57. The van der Waals surface area contributed by atoms with Gasteiger partial charge in [-0.25, -0.2) is 0 Å². The average Bonchev–Trinajstić information content (AvgIpc) is 2.20. The summed E-state index contributed by atoms with van der Waals surface area (Å²) in [6.45, 7) is 0.801. The zero-order valence-electron chi connectivity index (χ0n) is 7.25. The van der Waals surface area contributed by atoms with Crippen LogP contribution >= 0.6 is 0 Å². The molecule has 1 rings (SSSR count). The van der Waals surface area contributed by atoms with Crippen LogP contribution in [0.25, 0.3) is 0 Å². The van der Waals surface area contributed by atoms with Crippen molar-refractivity contribution in [2.24, 2.45) is 0 Å². The van der Waals surface area contributed by atoms with Gasteiger partial charge in [0.15, 0.2) is 0 Å². The van der Waals surface area contributed by atoms with Crippen molar-refractivity contribution >= 4 is 12.3 Å². The van der Waals surface area contributed by atoms with Crippen molar-refractivity contribution in [1.29, 1.82) is 0 Å². The van der Waals surface area contributed by atoms with E-state index < -0.39 is 0 Å². The van der Waals surface area contributed by atoms with Gasteiger partial charge in [-0.3, -0.25) is 9.59 Å². The first-order chi connectivity index (χ1) is 5.75. The number of carbonyl (C=O) groups excluding carboxylic acids is 2. The fraction of sp³-hybridized carbons (Fsp3) is 0.750. The molecule has 1 aliphatic rings. The number of amides is 2. The molecule has 0 spiro atoms. The number of rotatable bonds is 2. The lowest BCUT2D eigenvalue weighted by Crippen LogP contribution is -2.43. The van der Waals surface area contributed by atoms with Crippen molar-refractivity contribution < 1.29 is 9.59 Å². The first kappa shape index (κ1) is 9.03. The third-order valence-electron chi connectivity index (χ3n) is 2.18. The summed E-state index contributed by atoms with van der Waals surface area (Å²) >= 11 is 0. The Hall–Kier alpha value is -1.06. The number of likely N-dealkylation sites (tertiary alicyclic amines) is 1. The van der Waals surface area contributed by atoms with E-state index in [-0.39, 0.29) is 11.9 Å². The van der Waals surface area contributed by atoms with E-state index in [2.05, 4.69) is 5.32 Å². The third-order valence-corrected chi connectivity index (χ3v) is 2.18. The highest BCUT2D eigenvalue weighted by Crippen LogP contribution is 2.09. The highest BCUT2D eigenvalue weighted by atomic mass is 16.2. The van der Waals surface area contributed by atoms with Crippen molar-refractivity contribution in [2.75, 3.05) is 13.6 Å². The van der Waals surface area contributed by atoms with Crippen molar-refractivity contribution in [3.8, 4) is 0 Å². The molecule has 0 aromatic carbocycles. The van der Waals surface area contributed by atoms with Gasteiger partial charge in [0.05, 0.1) is 0 Å². The van der Waals surface area contributed by atoms with Gasteiger partial charge in [-0.05, 0) is 19.3 Å². The van der Waals surface area contributed by atoms with Gasteiger partial charge in [0, 0.05) is 13.6 Å². The quantitative estimate of drug-likeness (QED) is 0.581. The molecule has 0 aromatic heterocycles. The van der Waals surface area contributed by atoms with Crippen LogP contribution in [0.5, 0.6) is 0 Å². The maximum absolute atomic E-state index is 11.4. The Bertz CT molecular complexity index is 182. The van der Waals surface area contributed by atoms with Crippen LogP contribution in [0.4, 0.5) is 0 Å². The molecule has 12 heavy (non-hydrogen) atoms. The molecular formula is C8H14N2O2. The molecule has 0 saturated carbocycles. The molecule has 4 nitrogen and oxygen atoms in total. The Morgan fingerprint density at radius 1 is 1.58 bits per heavy atom. The Morgan fingerprint density at radius 3 is 3.00 bits per heavy atom. The summed E-state index contributed by atoms with van der Waals surface area (Å²) in [6, 6.07) is -0.296. The zero-order chi connectivity index (χ0) is 8.97. The Labute approximate surface area is 71.9 Å². The molecule has 4 heteroatoms. The zero-order valence-corrected chi connectivity index (χ0v) is 7.25. The molecule has 0 aliphatic carbocycles. The van der Waals surface area contributed by atoms with Gasteiger partial charge in [-0.2, -0.15) is 0 Å². The normalized spacial score (nSPS) is 24.9. The van der Waals surface area contributed by atoms with E-state index in [4.69, 9.17) is 0 Å². The van der Waals surface area contributed by atoms with E-state index in [9.17, 15) is 9.59 Å². The molecule has 1 atom stereocenters. The van der Waals surface area contributed by atoms with Gasteiger partial charge in [0.2, 0.25) is 12.3 Å². The van der Waals surface area contributed by atoms with Gasteiger partial charge in [-0.1, -0.05) is 0 Å². The molecule has 1 aliphatic heterocycles. The fourth-order valence-electron chi connectivity index (χ4n) is 1.43. The van der Waals surface area contributed by atoms with Crippen LogP contribution in [-0.2, 0) is 9.59 Å². The monoisotopic (exact) mass is 170 g/mol. The van der Waals surface area contributed by atoms with Crippen LogP contribution in [-0.4, -0.2) is 36.9 Å². The Kier molecular flexibility index (Phi) is 3.08. The third kappa shape index (κ3) is 1.96. The second kappa shape index (κ2) is 4.09. The van der Waals surface area contributed by atoms with Gasteiger partial charge in [0.25, 0.3) is 0 Å². The van der Waals surface area contributed by atoms with E-state index in [0.717, 1.165) is 25.8 Å². The Morgan fingerprint density at radius 2 is 2.33 bits per heavy atom. The van der Waals surface area contributed by atoms with Gasteiger partial charge >= 0.3 is 0 Å². The molecule has 1 saturated heterocycles. The number of hydrogen-bond donors (Lipinski definition) is 1. The van der Waals surface area contributed by atoms with Crippen molar-refractivity contribution in [3.63, 3.8) is 0 Å². The lowest BCUT2D eigenvalue weighted by atomic mass is 10.1. The van der Waals surface area contributed by atoms with Crippen molar-refractivity contribution in [3.05, 3.63) is 0 Å². The molecule has 2 amide bonds. The second-order valence-corrected chi connectivity index (χ2v) is 3.09. The van der Waals surface area contributed by atoms with E-state index >= 15 is 0 Å². The molecule has 1 heterocycles. The maximum Gasteiger partial charge on any atom is 0.244 e. The minimum absolute atomic E-state index is 0.0274. The number of nitrogens with zero attached hydrogens (tertiary/aromatic N) is 1. The SMILES string of the molecule is CN1CCCC[C@H](NC=O)C1=O. The van der Waals surface area contributed by atoms with Crippen LogP contribution < -0.4 is 5.32 Å². The standard InChI is InChI=1S/C8H14N2O2/c1-10-5-3-2-4-7(8(10)12)9-6-11/h6-7H,2-5H2,1H3,(H,9,11)/t7-/m0/s1. The van der Waals surface area contributed by atoms with Crippen LogP contribution in [0.1, 0.15) is 19.3 Å². The molecule has 0 aromatic rings. The van der Waals surface area contributed by atoms with E-state index in [0.29, 0.717) is 6.41 Å². The summed E-state index contributed by atoms with van der Waals surface area (Å²) in [4.78, 5) is 23.3. The molecule has 0 radical (unpaired) electrons. The van der Waals surface area contributed by atoms with E-state index in [1.807, 2.05) is 0 Å². The molecule has 0 unspecified atom stereocenters. The summed E-state index contributed by atoms with van der Waals surface area (Å²) in [5.41, 5.74) is 0. The summed E-state index contributed by atoms with van der Waals surface area (Å²) in [6.07, 6.45) is 3.39. The smallest absolute Gasteiger partial charge is 0.244 e. The predicted molar refractivity (Wildman–Crippen MR) is 44.5 cm³/mol. The first-order valence-electron chi connectivity index (χ1n) is 4.20. The number of carbonyl (C=O) groups is 2. The molecule has 0 bridgehead atoms. The van der Waals surface area contributed by atoms with Gasteiger partial charge < -0.3 is 10.2 Å². The van der Waals surface area contributed by atoms with Crippen molar-refractivity contribution in [2.45, 2.75) is 25.3 Å². The molecule has 68 valence electrons. The van der Waals surface area contributed by atoms with Crippen LogP contribution in [0.15, 0.2) is 0 Å². The van der Waals surface area contributed by atoms with E-state index in [1.54, 1.807) is 11.9 Å². The lowest BCUT2D eigenvalue weighted by molar-refractivity contribution is -0.132.